The minimum Gasteiger partial charge on any atom is -0.407 e. The first-order valence-corrected chi connectivity index (χ1v) is 8.03. The number of unbranched alkanes of at least 4 members (excludes halogenated alkanes) is 2. The Balaban J connectivity index is 2.37. The average Bonchev–Trinajstić information content (AvgIpc) is 2.82. The first kappa shape index (κ1) is 18.0. The van der Waals surface area contributed by atoms with Gasteiger partial charge in [0.05, 0.1) is 6.54 Å². The largest absolute Gasteiger partial charge is 0.407 e. The van der Waals surface area contributed by atoms with Gasteiger partial charge >= 0.3 is 6.01 Å². The molecule has 0 radical (unpaired) electrons. The zero-order chi connectivity index (χ0) is 15.9. The smallest absolute Gasteiger partial charge is 0.315 e. The van der Waals surface area contributed by atoms with Crippen molar-refractivity contribution < 1.29 is 4.42 Å². The highest BCUT2D eigenvalue weighted by molar-refractivity contribution is 5.17. The number of aromatic nitrogens is 2. The Labute approximate surface area is 129 Å². The van der Waals surface area contributed by atoms with Gasteiger partial charge in [-0.2, -0.15) is 0 Å². The lowest BCUT2D eigenvalue weighted by atomic mass is 9.87. The average molecular weight is 296 g/mol. The van der Waals surface area contributed by atoms with E-state index in [1.54, 1.807) is 0 Å². The third-order valence-corrected chi connectivity index (χ3v) is 3.41. The minimum absolute atomic E-state index is 0.0450. The van der Waals surface area contributed by atoms with Crippen LogP contribution in [0.3, 0.4) is 0 Å². The molecule has 0 aliphatic carbocycles. The Morgan fingerprint density at radius 3 is 2.38 bits per heavy atom. The summed E-state index contributed by atoms with van der Waals surface area (Å²) in [5, 5.41) is 14.7. The van der Waals surface area contributed by atoms with Gasteiger partial charge in [0.2, 0.25) is 5.89 Å². The summed E-state index contributed by atoms with van der Waals surface area (Å²) in [4.78, 5) is 0. The molecule has 1 rings (SSSR count). The molecule has 0 saturated heterocycles. The van der Waals surface area contributed by atoms with Crippen LogP contribution in [0.1, 0.15) is 73.1 Å². The molecule has 21 heavy (non-hydrogen) atoms. The molecule has 2 N–H and O–H groups in total. The van der Waals surface area contributed by atoms with Crippen molar-refractivity contribution in [1.82, 2.24) is 15.5 Å². The quantitative estimate of drug-likeness (QED) is 0.675. The zero-order valence-electron chi connectivity index (χ0n) is 14.5. The van der Waals surface area contributed by atoms with E-state index in [0.717, 1.165) is 6.54 Å². The fraction of sp³-hybridized carbons (Fsp3) is 0.875. The first-order valence-electron chi connectivity index (χ1n) is 8.03. The predicted molar refractivity (Wildman–Crippen MR) is 87.3 cm³/mol. The molecule has 0 aliphatic rings. The van der Waals surface area contributed by atoms with Gasteiger partial charge in [-0.3, -0.25) is 0 Å². The summed E-state index contributed by atoms with van der Waals surface area (Å²) in [6.45, 7) is 14.6. The van der Waals surface area contributed by atoms with E-state index in [1.807, 2.05) is 0 Å². The van der Waals surface area contributed by atoms with E-state index < -0.39 is 0 Å². The van der Waals surface area contributed by atoms with E-state index in [2.05, 4.69) is 62.4 Å². The molecular weight excluding hydrogens is 264 g/mol. The van der Waals surface area contributed by atoms with Gasteiger partial charge in [0, 0.05) is 12.1 Å². The van der Waals surface area contributed by atoms with Crippen molar-refractivity contribution in [2.45, 2.75) is 79.3 Å². The third kappa shape index (κ3) is 8.05. The lowest BCUT2D eigenvalue weighted by Gasteiger charge is -2.24. The van der Waals surface area contributed by atoms with Gasteiger partial charge in [-0.15, -0.1) is 5.10 Å². The van der Waals surface area contributed by atoms with Crippen LogP contribution in [0.25, 0.3) is 0 Å². The number of rotatable bonds is 9. The fourth-order valence-corrected chi connectivity index (χ4v) is 1.99. The summed E-state index contributed by atoms with van der Waals surface area (Å²) in [7, 11) is 0. The van der Waals surface area contributed by atoms with Crippen LogP contribution in [0, 0.1) is 5.41 Å². The van der Waals surface area contributed by atoms with Crippen LogP contribution in [0.4, 0.5) is 6.01 Å². The van der Waals surface area contributed by atoms with Crippen LogP contribution in [0.2, 0.25) is 0 Å². The molecule has 0 unspecified atom stereocenters. The summed E-state index contributed by atoms with van der Waals surface area (Å²) in [5.74, 6) is 0.621. The Morgan fingerprint density at radius 2 is 1.76 bits per heavy atom. The second-order valence-corrected chi connectivity index (χ2v) is 7.58. The Hall–Kier alpha value is -1.10. The van der Waals surface area contributed by atoms with Gasteiger partial charge in [-0.25, -0.2) is 0 Å². The molecule has 1 aromatic rings. The molecule has 1 heterocycles. The maximum absolute atomic E-state index is 5.60. The Morgan fingerprint density at radius 1 is 1.05 bits per heavy atom. The van der Waals surface area contributed by atoms with Gasteiger partial charge < -0.3 is 15.1 Å². The number of nitrogens with one attached hydrogen (secondary N) is 2. The summed E-state index contributed by atoms with van der Waals surface area (Å²) >= 11 is 0. The van der Waals surface area contributed by atoms with Gasteiger partial charge in [0.1, 0.15) is 0 Å². The van der Waals surface area contributed by atoms with Crippen LogP contribution >= 0.6 is 0 Å². The van der Waals surface area contributed by atoms with Crippen LogP contribution in [0.15, 0.2) is 4.42 Å². The van der Waals surface area contributed by atoms with E-state index in [0.29, 0.717) is 18.5 Å². The molecule has 5 nitrogen and oxygen atoms in total. The van der Waals surface area contributed by atoms with Crippen molar-refractivity contribution >= 4 is 6.01 Å². The monoisotopic (exact) mass is 296 g/mol. The SMILES string of the molecule is CCCCCC(C)(C)CNc1nnc(CNC(C)(C)C)o1. The maximum Gasteiger partial charge on any atom is 0.315 e. The molecule has 0 amide bonds. The van der Waals surface area contributed by atoms with E-state index in [4.69, 9.17) is 4.42 Å². The maximum atomic E-state index is 5.60. The molecule has 0 atom stereocenters. The predicted octanol–water partition coefficient (Wildman–Crippen LogP) is 3.98. The third-order valence-electron chi connectivity index (χ3n) is 3.41. The van der Waals surface area contributed by atoms with Gasteiger partial charge in [-0.05, 0) is 32.6 Å². The van der Waals surface area contributed by atoms with E-state index in [-0.39, 0.29) is 11.0 Å². The summed E-state index contributed by atoms with van der Waals surface area (Å²) in [6.07, 6.45) is 5.04. The normalized spacial score (nSPS) is 12.7. The van der Waals surface area contributed by atoms with Crippen molar-refractivity contribution in [3.63, 3.8) is 0 Å². The Kier molecular flexibility index (Phi) is 6.65. The van der Waals surface area contributed by atoms with E-state index in [1.165, 1.54) is 25.7 Å². The molecule has 0 aliphatic heterocycles. The molecule has 0 bridgehead atoms. The van der Waals surface area contributed by atoms with Gasteiger partial charge in [0.15, 0.2) is 0 Å². The van der Waals surface area contributed by atoms with Crippen LogP contribution < -0.4 is 10.6 Å². The van der Waals surface area contributed by atoms with E-state index >= 15 is 0 Å². The molecule has 0 spiro atoms. The van der Waals surface area contributed by atoms with Crippen molar-refractivity contribution in [2.75, 3.05) is 11.9 Å². The molecular formula is C16H32N4O. The molecule has 1 aromatic heterocycles. The molecule has 0 saturated carbocycles. The van der Waals surface area contributed by atoms with Crippen LogP contribution in [-0.4, -0.2) is 22.3 Å². The molecule has 5 heteroatoms. The van der Waals surface area contributed by atoms with Crippen molar-refractivity contribution in [3.8, 4) is 0 Å². The lowest BCUT2D eigenvalue weighted by Crippen LogP contribution is -2.35. The lowest BCUT2D eigenvalue weighted by molar-refractivity contribution is 0.337. The number of hydrogen-bond donors (Lipinski definition) is 2. The summed E-state index contributed by atoms with van der Waals surface area (Å²) in [5.41, 5.74) is 0.288. The number of anilines is 1. The standard InChI is InChI=1S/C16H32N4O/c1-7-8-9-10-16(5,6)12-17-14-20-19-13(21-14)11-18-15(2,3)4/h18H,7-12H2,1-6H3,(H,17,20). The van der Waals surface area contributed by atoms with Crippen molar-refractivity contribution in [2.24, 2.45) is 5.41 Å². The number of nitrogens with zero attached hydrogens (tertiary/aromatic N) is 2. The molecule has 122 valence electrons. The van der Waals surface area contributed by atoms with Crippen molar-refractivity contribution in [1.29, 1.82) is 0 Å². The first-order chi connectivity index (χ1) is 9.72. The van der Waals surface area contributed by atoms with Crippen molar-refractivity contribution in [3.05, 3.63) is 5.89 Å². The van der Waals surface area contributed by atoms with Crippen LogP contribution in [0.5, 0.6) is 0 Å². The number of hydrogen-bond acceptors (Lipinski definition) is 5. The summed E-state index contributed by atoms with van der Waals surface area (Å²) < 4.78 is 5.60. The zero-order valence-corrected chi connectivity index (χ0v) is 14.5. The van der Waals surface area contributed by atoms with E-state index in [9.17, 15) is 0 Å². The fourth-order valence-electron chi connectivity index (χ4n) is 1.99. The van der Waals surface area contributed by atoms with Gasteiger partial charge in [-0.1, -0.05) is 45.1 Å². The Bertz CT molecular complexity index is 407. The summed E-state index contributed by atoms with van der Waals surface area (Å²) in [6, 6.07) is 0.518. The molecule has 0 fully saturated rings. The van der Waals surface area contributed by atoms with Gasteiger partial charge in [0.25, 0.3) is 0 Å². The highest BCUT2D eigenvalue weighted by atomic mass is 16.4. The second kappa shape index (κ2) is 7.78. The highest BCUT2D eigenvalue weighted by Crippen LogP contribution is 2.24. The highest BCUT2D eigenvalue weighted by Gasteiger charge is 2.18. The van der Waals surface area contributed by atoms with Crippen LogP contribution in [-0.2, 0) is 6.54 Å². The minimum atomic E-state index is 0.0450. The topological polar surface area (TPSA) is 63.0 Å². The molecule has 0 aromatic carbocycles. The second-order valence-electron chi connectivity index (χ2n) is 7.58.